The third-order valence-electron chi connectivity index (χ3n) is 2.89. The monoisotopic (exact) mass is 291 g/mol. The predicted molar refractivity (Wildman–Crippen MR) is 84.9 cm³/mol. The lowest BCUT2D eigenvalue weighted by molar-refractivity contribution is -0.123. The fourth-order valence-corrected chi connectivity index (χ4v) is 1.54. The van der Waals surface area contributed by atoms with Gasteiger partial charge in [0.15, 0.2) is 5.78 Å². The molecule has 0 atom stereocenters. The Balaban J connectivity index is 3.07. The van der Waals surface area contributed by atoms with Gasteiger partial charge in [0.1, 0.15) is 5.75 Å². The Morgan fingerprint density at radius 2 is 1.86 bits per heavy atom. The number of hydrogen-bond donors (Lipinski definition) is 1. The lowest BCUT2D eigenvalue weighted by Crippen LogP contribution is -2.28. The highest BCUT2D eigenvalue weighted by molar-refractivity contribution is 5.99. The molecule has 0 fully saturated rings. The summed E-state index contributed by atoms with van der Waals surface area (Å²) in [5, 5.41) is 2.85. The van der Waals surface area contributed by atoms with E-state index in [4.69, 9.17) is 4.74 Å². The van der Waals surface area contributed by atoms with Gasteiger partial charge in [-0.15, -0.1) is 0 Å². The van der Waals surface area contributed by atoms with E-state index in [9.17, 15) is 9.59 Å². The SMILES string of the molecule is CC(=O)c1ccc(OCC(C)C)c(NC(=O)C(C)(C)C)c1. The molecule has 1 aromatic carbocycles. The third kappa shape index (κ3) is 5.21. The first-order valence-electron chi connectivity index (χ1n) is 7.20. The van der Waals surface area contributed by atoms with E-state index in [1.807, 2.05) is 20.8 Å². The van der Waals surface area contributed by atoms with Crippen LogP contribution in [0.1, 0.15) is 51.9 Å². The van der Waals surface area contributed by atoms with Crippen molar-refractivity contribution in [2.24, 2.45) is 11.3 Å². The maximum absolute atomic E-state index is 12.2. The number of carbonyl (C=O) groups is 2. The molecule has 0 spiro atoms. The van der Waals surface area contributed by atoms with Crippen LogP contribution < -0.4 is 10.1 Å². The minimum Gasteiger partial charge on any atom is -0.491 e. The zero-order chi connectivity index (χ0) is 16.2. The summed E-state index contributed by atoms with van der Waals surface area (Å²) >= 11 is 0. The first-order valence-corrected chi connectivity index (χ1v) is 7.20. The number of anilines is 1. The summed E-state index contributed by atoms with van der Waals surface area (Å²) in [4.78, 5) is 23.7. The van der Waals surface area contributed by atoms with Gasteiger partial charge in [-0.05, 0) is 31.0 Å². The molecule has 4 heteroatoms. The zero-order valence-corrected chi connectivity index (χ0v) is 13.7. The summed E-state index contributed by atoms with van der Waals surface area (Å²) in [5.41, 5.74) is 0.584. The van der Waals surface area contributed by atoms with E-state index < -0.39 is 5.41 Å². The third-order valence-corrected chi connectivity index (χ3v) is 2.89. The van der Waals surface area contributed by atoms with Crippen LogP contribution in [0.3, 0.4) is 0 Å². The minimum absolute atomic E-state index is 0.0448. The van der Waals surface area contributed by atoms with E-state index in [0.29, 0.717) is 29.5 Å². The second-order valence-corrected chi connectivity index (χ2v) is 6.68. The summed E-state index contributed by atoms with van der Waals surface area (Å²) in [7, 11) is 0. The topological polar surface area (TPSA) is 55.4 Å². The van der Waals surface area contributed by atoms with Crippen molar-refractivity contribution in [1.29, 1.82) is 0 Å². The maximum Gasteiger partial charge on any atom is 0.229 e. The van der Waals surface area contributed by atoms with Crippen molar-refractivity contribution in [3.63, 3.8) is 0 Å². The molecule has 0 radical (unpaired) electrons. The molecule has 116 valence electrons. The van der Waals surface area contributed by atoms with Crippen LogP contribution >= 0.6 is 0 Å². The number of ketones is 1. The van der Waals surface area contributed by atoms with E-state index in [2.05, 4.69) is 19.2 Å². The molecule has 0 saturated carbocycles. The molecule has 1 amide bonds. The van der Waals surface area contributed by atoms with Gasteiger partial charge < -0.3 is 10.1 Å². The van der Waals surface area contributed by atoms with Crippen LogP contribution in [-0.2, 0) is 4.79 Å². The largest absolute Gasteiger partial charge is 0.491 e. The van der Waals surface area contributed by atoms with Crippen LogP contribution in [-0.4, -0.2) is 18.3 Å². The van der Waals surface area contributed by atoms with Gasteiger partial charge in [-0.3, -0.25) is 9.59 Å². The van der Waals surface area contributed by atoms with E-state index in [1.54, 1.807) is 18.2 Å². The first kappa shape index (κ1) is 17.2. The fourth-order valence-electron chi connectivity index (χ4n) is 1.54. The summed E-state index contributed by atoms with van der Waals surface area (Å²) in [6.07, 6.45) is 0. The Bertz CT molecular complexity index is 527. The molecular formula is C17H25NO3. The maximum atomic E-state index is 12.2. The van der Waals surface area contributed by atoms with Crippen LogP contribution in [0.5, 0.6) is 5.75 Å². The standard InChI is InChI=1S/C17H25NO3/c1-11(2)10-21-15-8-7-13(12(3)19)9-14(15)18-16(20)17(4,5)6/h7-9,11H,10H2,1-6H3,(H,18,20). The number of nitrogens with one attached hydrogen (secondary N) is 1. The van der Waals surface area contributed by atoms with Crippen LogP contribution in [0.25, 0.3) is 0 Å². The predicted octanol–water partition coefficient (Wildman–Crippen LogP) is 3.91. The summed E-state index contributed by atoms with van der Waals surface area (Å²) in [6, 6.07) is 5.11. The van der Waals surface area contributed by atoms with Crippen molar-refractivity contribution < 1.29 is 14.3 Å². The molecule has 4 nitrogen and oxygen atoms in total. The quantitative estimate of drug-likeness (QED) is 0.837. The van der Waals surface area contributed by atoms with Crippen LogP contribution in [0.4, 0.5) is 5.69 Å². The van der Waals surface area contributed by atoms with Crippen LogP contribution in [0.2, 0.25) is 0 Å². The highest BCUT2D eigenvalue weighted by Crippen LogP contribution is 2.28. The summed E-state index contributed by atoms with van der Waals surface area (Å²) in [5.74, 6) is 0.809. The second-order valence-electron chi connectivity index (χ2n) is 6.68. The average Bonchev–Trinajstić information content (AvgIpc) is 2.35. The van der Waals surface area contributed by atoms with Crippen molar-refractivity contribution in [2.45, 2.75) is 41.5 Å². The Kier molecular flexibility index (Phi) is 5.53. The molecule has 0 aliphatic heterocycles. The number of ether oxygens (including phenoxy) is 1. The van der Waals surface area contributed by atoms with Gasteiger partial charge in [-0.1, -0.05) is 34.6 Å². The van der Waals surface area contributed by atoms with E-state index in [0.717, 1.165) is 0 Å². The normalized spacial score (nSPS) is 11.4. The molecule has 0 heterocycles. The molecule has 1 rings (SSSR count). The van der Waals surface area contributed by atoms with Crippen LogP contribution in [0.15, 0.2) is 18.2 Å². The molecule has 0 bridgehead atoms. The molecule has 0 aromatic heterocycles. The Labute approximate surface area is 126 Å². The Morgan fingerprint density at radius 1 is 1.24 bits per heavy atom. The van der Waals surface area contributed by atoms with Crippen molar-refractivity contribution in [2.75, 3.05) is 11.9 Å². The number of benzene rings is 1. The van der Waals surface area contributed by atoms with Gasteiger partial charge in [0, 0.05) is 11.0 Å². The first-order chi connectivity index (χ1) is 9.61. The molecular weight excluding hydrogens is 266 g/mol. The fraction of sp³-hybridized carbons (Fsp3) is 0.529. The Hall–Kier alpha value is -1.84. The van der Waals surface area contributed by atoms with E-state index in [1.165, 1.54) is 6.92 Å². The molecule has 0 aliphatic carbocycles. The summed E-state index contributed by atoms with van der Waals surface area (Å²) < 4.78 is 5.72. The number of rotatable bonds is 5. The number of carbonyl (C=O) groups excluding carboxylic acids is 2. The minimum atomic E-state index is -0.512. The number of amides is 1. The van der Waals surface area contributed by atoms with Gasteiger partial charge in [-0.25, -0.2) is 0 Å². The molecule has 0 unspecified atom stereocenters. The average molecular weight is 291 g/mol. The van der Waals surface area contributed by atoms with Crippen LogP contribution in [0, 0.1) is 11.3 Å². The highest BCUT2D eigenvalue weighted by Gasteiger charge is 2.22. The van der Waals surface area contributed by atoms with Crippen molar-refractivity contribution in [1.82, 2.24) is 0 Å². The molecule has 0 saturated heterocycles. The van der Waals surface area contributed by atoms with Crippen molar-refractivity contribution in [3.05, 3.63) is 23.8 Å². The van der Waals surface area contributed by atoms with Gasteiger partial charge >= 0.3 is 0 Å². The molecule has 21 heavy (non-hydrogen) atoms. The lowest BCUT2D eigenvalue weighted by Gasteiger charge is -2.20. The highest BCUT2D eigenvalue weighted by atomic mass is 16.5. The molecule has 0 aliphatic rings. The number of Topliss-reactive ketones (excluding diaryl/α,β-unsaturated/α-hetero) is 1. The Morgan fingerprint density at radius 3 is 2.33 bits per heavy atom. The van der Waals surface area contributed by atoms with Crippen molar-refractivity contribution in [3.8, 4) is 5.75 Å². The van der Waals surface area contributed by atoms with Crippen molar-refractivity contribution >= 4 is 17.4 Å². The van der Waals surface area contributed by atoms with Gasteiger partial charge in [0.2, 0.25) is 5.91 Å². The van der Waals surface area contributed by atoms with E-state index in [-0.39, 0.29) is 11.7 Å². The molecule has 1 aromatic rings. The van der Waals surface area contributed by atoms with E-state index >= 15 is 0 Å². The second kappa shape index (κ2) is 6.74. The number of hydrogen-bond acceptors (Lipinski definition) is 3. The summed E-state index contributed by atoms with van der Waals surface area (Å²) in [6.45, 7) is 11.7. The zero-order valence-electron chi connectivity index (χ0n) is 13.7. The van der Waals surface area contributed by atoms with Gasteiger partial charge in [0.25, 0.3) is 0 Å². The lowest BCUT2D eigenvalue weighted by atomic mass is 9.95. The molecule has 1 N–H and O–H groups in total. The smallest absolute Gasteiger partial charge is 0.229 e. The van der Waals surface area contributed by atoms with Gasteiger partial charge in [0.05, 0.1) is 12.3 Å². The van der Waals surface area contributed by atoms with Gasteiger partial charge in [-0.2, -0.15) is 0 Å².